The first-order valence-corrected chi connectivity index (χ1v) is 12.7. The molecule has 2 aliphatic rings. The van der Waals surface area contributed by atoms with Gasteiger partial charge in [-0.2, -0.15) is 0 Å². The molecule has 1 aliphatic carbocycles. The molecule has 11 heteroatoms. The molecule has 0 aromatic heterocycles. The van der Waals surface area contributed by atoms with Gasteiger partial charge in [0.25, 0.3) is 11.9 Å². The van der Waals surface area contributed by atoms with E-state index in [1.165, 1.54) is 42.4 Å². The average Bonchev–Trinajstić information content (AvgIpc) is 2.80. The van der Waals surface area contributed by atoms with Crippen molar-refractivity contribution in [2.45, 2.75) is 50.7 Å². The fraction of sp³-hybridized carbons (Fsp3) is 0.440. The summed E-state index contributed by atoms with van der Waals surface area (Å²) in [5.74, 6) is -4.44. The lowest BCUT2D eigenvalue weighted by atomic mass is 9.90. The van der Waals surface area contributed by atoms with E-state index in [-0.39, 0.29) is 24.3 Å². The summed E-state index contributed by atoms with van der Waals surface area (Å²) >= 11 is 1.94. The predicted molar refractivity (Wildman–Crippen MR) is 138 cm³/mol. The number of rotatable bonds is 6. The number of nitrogens with zero attached hydrogens (tertiary/aromatic N) is 1. The summed E-state index contributed by atoms with van der Waals surface area (Å²) in [6.07, 6.45) is 5.75. The van der Waals surface area contributed by atoms with Gasteiger partial charge in [-0.15, -0.1) is 0 Å². The van der Waals surface area contributed by atoms with Crippen LogP contribution in [0.4, 0.5) is 24.5 Å². The Labute approximate surface area is 221 Å². The standard InChI is InChI=1S/C23H25F3IN3O2.C2H4O2/c24-17-8-7-16(21(20(17)26)29-19-9-6-14(27)10-18(19)25)22(31)30-12-23(32,13-30)11-28-15-4-2-1-3-5-15;1-2(3)4/h6-10,15,28-29,32H,1-5,11-13H2;1H3,(H,3,4). The molecule has 36 heavy (non-hydrogen) atoms. The van der Waals surface area contributed by atoms with Crippen LogP contribution in [-0.4, -0.2) is 58.3 Å². The van der Waals surface area contributed by atoms with Gasteiger partial charge in [-0.3, -0.25) is 9.59 Å². The summed E-state index contributed by atoms with van der Waals surface area (Å²) < 4.78 is 43.4. The van der Waals surface area contributed by atoms with Gasteiger partial charge >= 0.3 is 0 Å². The van der Waals surface area contributed by atoms with Crippen molar-refractivity contribution in [3.63, 3.8) is 0 Å². The highest BCUT2D eigenvalue weighted by atomic mass is 127. The Hall–Kier alpha value is -2.38. The highest BCUT2D eigenvalue weighted by Crippen LogP contribution is 2.32. The first kappa shape index (κ1) is 28.2. The molecule has 2 aromatic rings. The zero-order valence-electron chi connectivity index (χ0n) is 19.8. The Kier molecular flexibility index (Phi) is 9.59. The minimum absolute atomic E-state index is 0.0687. The second kappa shape index (κ2) is 12.2. The van der Waals surface area contributed by atoms with Gasteiger partial charge in [0, 0.05) is 23.1 Å². The zero-order valence-corrected chi connectivity index (χ0v) is 21.9. The van der Waals surface area contributed by atoms with Gasteiger partial charge in [0.15, 0.2) is 11.6 Å². The van der Waals surface area contributed by atoms with Gasteiger partial charge in [-0.25, -0.2) is 13.2 Å². The Morgan fingerprint density at radius 1 is 1.08 bits per heavy atom. The van der Waals surface area contributed by atoms with E-state index in [0.717, 1.165) is 25.8 Å². The Morgan fingerprint density at radius 3 is 2.33 bits per heavy atom. The molecule has 196 valence electrons. The molecule has 0 radical (unpaired) electrons. The third-order valence-electron chi connectivity index (χ3n) is 6.10. The molecule has 2 fully saturated rings. The van der Waals surface area contributed by atoms with E-state index in [1.54, 1.807) is 6.07 Å². The van der Waals surface area contributed by atoms with Crippen molar-refractivity contribution in [2.24, 2.45) is 0 Å². The summed E-state index contributed by atoms with van der Waals surface area (Å²) in [5, 5.41) is 24.0. The number of benzene rings is 2. The molecule has 1 aliphatic heterocycles. The van der Waals surface area contributed by atoms with E-state index >= 15 is 0 Å². The quantitative estimate of drug-likeness (QED) is 0.352. The van der Waals surface area contributed by atoms with Crippen molar-refractivity contribution >= 4 is 45.8 Å². The van der Waals surface area contributed by atoms with Crippen LogP contribution >= 0.6 is 22.6 Å². The number of aliphatic carboxylic acids is 1. The number of carbonyl (C=O) groups excluding carboxylic acids is 1. The van der Waals surface area contributed by atoms with Crippen LogP contribution in [0.15, 0.2) is 30.3 Å². The summed E-state index contributed by atoms with van der Waals surface area (Å²) in [4.78, 5) is 23.4. The predicted octanol–water partition coefficient (Wildman–Crippen LogP) is 4.65. The fourth-order valence-electron chi connectivity index (χ4n) is 4.31. The number of halogens is 4. The van der Waals surface area contributed by atoms with E-state index in [2.05, 4.69) is 10.6 Å². The smallest absolute Gasteiger partial charge is 0.300 e. The zero-order chi connectivity index (χ0) is 26.5. The Morgan fingerprint density at radius 2 is 1.72 bits per heavy atom. The van der Waals surface area contributed by atoms with Crippen molar-refractivity contribution in [3.8, 4) is 0 Å². The molecule has 0 spiro atoms. The summed E-state index contributed by atoms with van der Waals surface area (Å²) in [7, 11) is 0. The van der Waals surface area contributed by atoms with Crippen LogP contribution in [0.5, 0.6) is 0 Å². The molecule has 1 amide bonds. The molecule has 1 saturated carbocycles. The number of amides is 1. The van der Waals surface area contributed by atoms with E-state index in [4.69, 9.17) is 9.90 Å². The highest BCUT2D eigenvalue weighted by molar-refractivity contribution is 14.1. The number of carboxylic acid groups (broad SMARTS) is 1. The number of nitrogens with one attached hydrogen (secondary N) is 2. The number of carbonyl (C=O) groups is 2. The molecule has 0 unspecified atom stereocenters. The number of carboxylic acids is 1. The highest BCUT2D eigenvalue weighted by Gasteiger charge is 2.44. The summed E-state index contributed by atoms with van der Waals surface area (Å²) in [6, 6.07) is 6.67. The van der Waals surface area contributed by atoms with Crippen LogP contribution in [0.25, 0.3) is 0 Å². The monoisotopic (exact) mass is 619 g/mol. The summed E-state index contributed by atoms with van der Waals surface area (Å²) in [5.41, 5.74) is -1.67. The van der Waals surface area contributed by atoms with Crippen LogP contribution in [0, 0.1) is 21.0 Å². The van der Waals surface area contributed by atoms with E-state index < -0.39 is 40.6 Å². The average molecular weight is 619 g/mol. The fourth-order valence-corrected chi connectivity index (χ4v) is 4.76. The van der Waals surface area contributed by atoms with Gasteiger partial charge in [0.1, 0.15) is 11.4 Å². The van der Waals surface area contributed by atoms with Gasteiger partial charge in [0.2, 0.25) is 0 Å². The molecule has 0 atom stereocenters. The first-order valence-electron chi connectivity index (χ1n) is 11.6. The third kappa shape index (κ3) is 7.32. The van der Waals surface area contributed by atoms with Crippen molar-refractivity contribution < 1.29 is 33.0 Å². The number of likely N-dealkylation sites (tertiary alicyclic amines) is 1. The van der Waals surface area contributed by atoms with Gasteiger partial charge in [-0.05, 0) is 65.8 Å². The second-order valence-corrected chi connectivity index (χ2v) is 10.4. The maximum Gasteiger partial charge on any atom is 0.300 e. The largest absolute Gasteiger partial charge is 0.481 e. The minimum atomic E-state index is -1.26. The van der Waals surface area contributed by atoms with Crippen LogP contribution in [0.3, 0.4) is 0 Å². The minimum Gasteiger partial charge on any atom is -0.481 e. The van der Waals surface area contributed by atoms with Crippen LogP contribution in [0.1, 0.15) is 49.4 Å². The van der Waals surface area contributed by atoms with Crippen LogP contribution in [0.2, 0.25) is 0 Å². The third-order valence-corrected chi connectivity index (χ3v) is 6.77. The molecule has 4 rings (SSSR count). The van der Waals surface area contributed by atoms with E-state index in [9.17, 15) is 23.1 Å². The topological polar surface area (TPSA) is 102 Å². The van der Waals surface area contributed by atoms with Crippen LogP contribution < -0.4 is 10.6 Å². The molecular weight excluding hydrogens is 590 g/mol. The molecule has 4 N–H and O–H groups in total. The van der Waals surface area contributed by atoms with Gasteiger partial charge in [0.05, 0.1) is 30.0 Å². The lowest BCUT2D eigenvalue weighted by Gasteiger charge is -2.47. The number of hydrogen-bond acceptors (Lipinski definition) is 5. The SMILES string of the molecule is CC(=O)O.O=C(c1ccc(F)c(F)c1Nc1ccc(I)cc1F)N1CC(O)(CNC2CCCCC2)C1. The Balaban J connectivity index is 0.000000840. The first-order chi connectivity index (χ1) is 17.0. The van der Waals surface area contributed by atoms with Gasteiger partial charge in [-0.1, -0.05) is 19.3 Å². The molecular formula is C25H29F3IN3O4. The van der Waals surface area contributed by atoms with Crippen molar-refractivity contribution in [1.82, 2.24) is 10.2 Å². The number of β-amino-alcohol motifs (C(OH)–C–C–N with tert-alkyl or cyclic N) is 1. The second-order valence-electron chi connectivity index (χ2n) is 9.15. The van der Waals surface area contributed by atoms with E-state index in [1.807, 2.05) is 22.6 Å². The molecule has 1 saturated heterocycles. The van der Waals surface area contributed by atoms with Crippen molar-refractivity contribution in [2.75, 3.05) is 25.0 Å². The summed E-state index contributed by atoms with van der Waals surface area (Å²) in [6.45, 7) is 1.63. The number of anilines is 2. The number of aliphatic hydroxyl groups is 1. The lowest BCUT2D eigenvalue weighted by molar-refractivity contribution is -0.134. The Bertz CT molecular complexity index is 1100. The van der Waals surface area contributed by atoms with E-state index in [0.29, 0.717) is 16.2 Å². The maximum atomic E-state index is 14.6. The molecule has 1 heterocycles. The normalized spacial score (nSPS) is 17.0. The molecule has 0 bridgehead atoms. The van der Waals surface area contributed by atoms with Crippen LogP contribution in [-0.2, 0) is 4.79 Å². The maximum absolute atomic E-state index is 14.6. The lowest BCUT2D eigenvalue weighted by Crippen LogP contribution is -2.67. The number of hydrogen-bond donors (Lipinski definition) is 4. The van der Waals surface area contributed by atoms with Crippen molar-refractivity contribution in [1.29, 1.82) is 0 Å². The molecule has 7 nitrogen and oxygen atoms in total. The van der Waals surface area contributed by atoms with Gasteiger partial charge < -0.3 is 25.7 Å². The molecule has 2 aromatic carbocycles. The van der Waals surface area contributed by atoms with Crippen molar-refractivity contribution in [3.05, 3.63) is 56.9 Å².